The molecule has 1 aliphatic heterocycles. The van der Waals surface area contributed by atoms with Crippen molar-refractivity contribution in [1.29, 1.82) is 0 Å². The molecule has 5 heteroatoms. The van der Waals surface area contributed by atoms with Gasteiger partial charge < -0.3 is 14.4 Å². The molecule has 1 aliphatic rings. The molecule has 0 aromatic heterocycles. The molecule has 0 aliphatic carbocycles. The average molecular weight is 243 g/mol. The number of hydrogen-bond donors (Lipinski definition) is 0. The lowest BCUT2D eigenvalue weighted by molar-refractivity contribution is -0.147. The van der Waals surface area contributed by atoms with Gasteiger partial charge in [-0.3, -0.25) is 4.79 Å². The number of hydrogen-bond acceptors (Lipinski definition) is 4. The predicted molar refractivity (Wildman–Crippen MR) is 62.5 cm³/mol. The van der Waals surface area contributed by atoms with Gasteiger partial charge in [-0.15, -0.1) is 0 Å². The standard InChI is InChI=1S/C12H21NO4/c1-9(2)8-17-12(15)13-6-4-5-10(7-13)11(14)16-3/h9-10H,4-8H2,1-3H3/t10-/m0/s1. The molecule has 0 aromatic carbocycles. The number of nitrogens with zero attached hydrogens (tertiary/aromatic N) is 1. The van der Waals surface area contributed by atoms with Crippen molar-refractivity contribution in [2.24, 2.45) is 11.8 Å². The van der Waals surface area contributed by atoms with Crippen LogP contribution in [0, 0.1) is 11.8 Å². The molecule has 0 N–H and O–H groups in total. The Morgan fingerprint density at radius 1 is 1.41 bits per heavy atom. The number of carbonyl (C=O) groups excluding carboxylic acids is 2. The lowest BCUT2D eigenvalue weighted by atomic mass is 9.99. The van der Waals surface area contributed by atoms with Gasteiger partial charge in [0.1, 0.15) is 0 Å². The third-order valence-corrected chi connectivity index (χ3v) is 2.75. The van der Waals surface area contributed by atoms with Crippen molar-refractivity contribution in [3.8, 4) is 0 Å². The lowest BCUT2D eigenvalue weighted by Crippen LogP contribution is -2.43. The summed E-state index contributed by atoms with van der Waals surface area (Å²) in [6.45, 7) is 5.45. The summed E-state index contributed by atoms with van der Waals surface area (Å²) in [5, 5.41) is 0. The van der Waals surface area contributed by atoms with E-state index in [1.54, 1.807) is 4.90 Å². The summed E-state index contributed by atoms with van der Waals surface area (Å²) in [5.74, 6) is -0.133. The molecule has 5 nitrogen and oxygen atoms in total. The Balaban J connectivity index is 2.43. The van der Waals surface area contributed by atoms with Crippen LogP contribution >= 0.6 is 0 Å². The van der Waals surface area contributed by atoms with Crippen LogP contribution in [-0.2, 0) is 14.3 Å². The normalized spacial score (nSPS) is 20.2. The van der Waals surface area contributed by atoms with Gasteiger partial charge in [0.25, 0.3) is 0 Å². The van der Waals surface area contributed by atoms with Crippen molar-refractivity contribution in [3.63, 3.8) is 0 Å². The first-order chi connectivity index (χ1) is 8.04. The van der Waals surface area contributed by atoms with E-state index in [2.05, 4.69) is 0 Å². The number of ether oxygens (including phenoxy) is 2. The second-order valence-electron chi connectivity index (χ2n) is 4.78. The number of carbonyl (C=O) groups is 2. The van der Waals surface area contributed by atoms with E-state index in [-0.39, 0.29) is 18.0 Å². The second kappa shape index (κ2) is 6.47. The third kappa shape index (κ3) is 4.24. The molecule has 1 amide bonds. The number of likely N-dealkylation sites (tertiary alicyclic amines) is 1. The maximum Gasteiger partial charge on any atom is 0.409 e. The van der Waals surface area contributed by atoms with Crippen LogP contribution < -0.4 is 0 Å². The molecule has 1 fully saturated rings. The highest BCUT2D eigenvalue weighted by atomic mass is 16.6. The van der Waals surface area contributed by atoms with Crippen LogP contribution in [0.1, 0.15) is 26.7 Å². The molecule has 0 spiro atoms. The second-order valence-corrected chi connectivity index (χ2v) is 4.78. The van der Waals surface area contributed by atoms with E-state index in [1.807, 2.05) is 13.8 Å². The maximum atomic E-state index is 11.7. The zero-order valence-corrected chi connectivity index (χ0v) is 10.8. The van der Waals surface area contributed by atoms with Crippen molar-refractivity contribution in [2.75, 3.05) is 26.8 Å². The molecular weight excluding hydrogens is 222 g/mol. The number of esters is 1. The summed E-state index contributed by atoms with van der Waals surface area (Å²) in [5.41, 5.74) is 0. The molecule has 98 valence electrons. The van der Waals surface area contributed by atoms with E-state index < -0.39 is 0 Å². The van der Waals surface area contributed by atoms with Crippen molar-refractivity contribution in [3.05, 3.63) is 0 Å². The summed E-state index contributed by atoms with van der Waals surface area (Å²) < 4.78 is 9.84. The SMILES string of the molecule is COC(=O)[C@H]1CCCN(C(=O)OCC(C)C)C1. The lowest BCUT2D eigenvalue weighted by Gasteiger charge is -2.30. The molecule has 1 rings (SSSR count). The summed E-state index contributed by atoms with van der Waals surface area (Å²) >= 11 is 0. The summed E-state index contributed by atoms with van der Waals surface area (Å²) in [7, 11) is 1.37. The molecule has 0 bridgehead atoms. The fourth-order valence-electron chi connectivity index (χ4n) is 1.83. The number of piperidine rings is 1. The molecule has 17 heavy (non-hydrogen) atoms. The zero-order valence-electron chi connectivity index (χ0n) is 10.8. The monoisotopic (exact) mass is 243 g/mol. The van der Waals surface area contributed by atoms with E-state index >= 15 is 0 Å². The maximum absolute atomic E-state index is 11.7. The Labute approximate surface area is 102 Å². The smallest absolute Gasteiger partial charge is 0.409 e. The van der Waals surface area contributed by atoms with Crippen LogP contribution in [0.5, 0.6) is 0 Å². The van der Waals surface area contributed by atoms with Gasteiger partial charge in [-0.1, -0.05) is 13.8 Å². The van der Waals surface area contributed by atoms with Gasteiger partial charge in [0.15, 0.2) is 0 Å². The Hall–Kier alpha value is -1.26. The van der Waals surface area contributed by atoms with E-state index in [9.17, 15) is 9.59 Å². The first-order valence-corrected chi connectivity index (χ1v) is 6.04. The van der Waals surface area contributed by atoms with Gasteiger partial charge in [0.2, 0.25) is 0 Å². The molecule has 0 saturated carbocycles. The van der Waals surface area contributed by atoms with Crippen LogP contribution in [0.2, 0.25) is 0 Å². The van der Waals surface area contributed by atoms with Crippen LogP contribution in [0.25, 0.3) is 0 Å². The van der Waals surface area contributed by atoms with E-state index in [0.29, 0.717) is 25.6 Å². The first-order valence-electron chi connectivity index (χ1n) is 6.04. The van der Waals surface area contributed by atoms with Gasteiger partial charge in [0.05, 0.1) is 19.6 Å². The first kappa shape index (κ1) is 13.8. The number of methoxy groups -OCH3 is 1. The highest BCUT2D eigenvalue weighted by Crippen LogP contribution is 2.18. The fraction of sp³-hybridized carbons (Fsp3) is 0.833. The number of rotatable bonds is 3. The van der Waals surface area contributed by atoms with Crippen LogP contribution in [0.4, 0.5) is 4.79 Å². The van der Waals surface area contributed by atoms with Crippen molar-refractivity contribution < 1.29 is 19.1 Å². The molecule has 1 atom stereocenters. The quantitative estimate of drug-likeness (QED) is 0.707. The molecule has 0 aromatic rings. The van der Waals surface area contributed by atoms with E-state index in [4.69, 9.17) is 9.47 Å². The van der Waals surface area contributed by atoms with Crippen LogP contribution in [-0.4, -0.2) is 43.8 Å². The largest absolute Gasteiger partial charge is 0.469 e. The number of amides is 1. The third-order valence-electron chi connectivity index (χ3n) is 2.75. The Morgan fingerprint density at radius 3 is 2.71 bits per heavy atom. The van der Waals surface area contributed by atoms with Gasteiger partial charge in [0, 0.05) is 13.1 Å². The highest BCUT2D eigenvalue weighted by Gasteiger charge is 2.29. The molecule has 0 radical (unpaired) electrons. The molecule has 1 heterocycles. The minimum Gasteiger partial charge on any atom is -0.469 e. The van der Waals surface area contributed by atoms with Crippen LogP contribution in [0.15, 0.2) is 0 Å². The molecular formula is C12H21NO4. The van der Waals surface area contributed by atoms with Crippen molar-refractivity contribution >= 4 is 12.1 Å². The molecule has 0 unspecified atom stereocenters. The minimum atomic E-state index is -0.327. The van der Waals surface area contributed by atoms with Gasteiger partial charge in [-0.25, -0.2) is 4.79 Å². The van der Waals surface area contributed by atoms with Crippen molar-refractivity contribution in [1.82, 2.24) is 4.90 Å². The Morgan fingerprint density at radius 2 is 2.12 bits per heavy atom. The van der Waals surface area contributed by atoms with Gasteiger partial charge in [-0.05, 0) is 18.8 Å². The topological polar surface area (TPSA) is 55.8 Å². The van der Waals surface area contributed by atoms with Crippen molar-refractivity contribution in [2.45, 2.75) is 26.7 Å². The zero-order chi connectivity index (χ0) is 12.8. The van der Waals surface area contributed by atoms with E-state index in [1.165, 1.54) is 7.11 Å². The fourth-order valence-corrected chi connectivity index (χ4v) is 1.83. The predicted octanol–water partition coefficient (Wildman–Crippen LogP) is 1.66. The van der Waals surface area contributed by atoms with Gasteiger partial charge in [-0.2, -0.15) is 0 Å². The average Bonchev–Trinajstić information content (AvgIpc) is 2.35. The summed E-state index contributed by atoms with van der Waals surface area (Å²) in [6, 6.07) is 0. The Kier molecular flexibility index (Phi) is 5.25. The summed E-state index contributed by atoms with van der Waals surface area (Å²) in [6.07, 6.45) is 1.27. The highest BCUT2D eigenvalue weighted by molar-refractivity contribution is 5.74. The summed E-state index contributed by atoms with van der Waals surface area (Å²) in [4.78, 5) is 24.7. The van der Waals surface area contributed by atoms with Gasteiger partial charge >= 0.3 is 12.1 Å². The minimum absolute atomic E-state index is 0.208. The molecule has 1 saturated heterocycles. The van der Waals surface area contributed by atoms with Crippen LogP contribution in [0.3, 0.4) is 0 Å². The van der Waals surface area contributed by atoms with E-state index in [0.717, 1.165) is 12.8 Å². The Bertz CT molecular complexity index is 278.